The van der Waals surface area contributed by atoms with Crippen molar-refractivity contribution < 1.29 is 19.4 Å². The maximum absolute atomic E-state index is 10.5. The molecule has 0 aliphatic rings. The average molecular weight is 381 g/mol. The van der Waals surface area contributed by atoms with E-state index in [0.29, 0.717) is 12.4 Å². The number of carboxylic acid groups (broad SMARTS) is 1. The monoisotopic (exact) mass is 381 g/mol. The van der Waals surface area contributed by atoms with Crippen LogP contribution >= 0.6 is 0 Å². The summed E-state index contributed by atoms with van der Waals surface area (Å²) in [6, 6.07) is 13.5. The number of aliphatic carboxylic acids is 1. The largest absolute Gasteiger partial charge is 0.545 e. The molecule has 0 fully saturated rings. The molecule has 0 saturated carbocycles. The smallest absolute Gasteiger partial charge is 0.161 e. The summed E-state index contributed by atoms with van der Waals surface area (Å²) in [5.74, 6) is 0.267. The van der Waals surface area contributed by atoms with Crippen molar-refractivity contribution in [3.05, 3.63) is 54.1 Å². The van der Waals surface area contributed by atoms with Crippen LogP contribution in [0.4, 0.5) is 0 Å². The zero-order valence-corrected chi connectivity index (χ0v) is 16.8. The molecule has 150 valence electrons. The maximum atomic E-state index is 10.5. The lowest BCUT2D eigenvalue weighted by Gasteiger charge is -2.12. The Bertz CT molecular complexity index is 763. The van der Waals surface area contributed by atoms with Gasteiger partial charge in [-0.25, -0.2) is 0 Å². The summed E-state index contributed by atoms with van der Waals surface area (Å²) in [6.45, 7) is 2.92. The van der Waals surface area contributed by atoms with Crippen molar-refractivity contribution in [1.82, 2.24) is 0 Å². The minimum atomic E-state index is -1.20. The van der Waals surface area contributed by atoms with E-state index in [9.17, 15) is 9.90 Å². The third-order valence-corrected chi connectivity index (χ3v) is 4.57. The Morgan fingerprint density at radius 2 is 1.61 bits per heavy atom. The summed E-state index contributed by atoms with van der Waals surface area (Å²) in [6.07, 6.45) is 9.92. The minimum Gasteiger partial charge on any atom is -0.545 e. The molecule has 0 unspecified atom stereocenters. The SMILES string of the molecule is CCCCCCCCOc1ccc(-c2ccc(/C=C/C(=O)[O-])cc2)cc1OC. The first-order valence-electron chi connectivity index (χ1n) is 9.94. The molecule has 0 bridgehead atoms. The number of hydrogen-bond donors (Lipinski definition) is 0. The number of methoxy groups -OCH3 is 1. The lowest BCUT2D eigenvalue weighted by Crippen LogP contribution is -2.18. The molecule has 2 aromatic carbocycles. The fourth-order valence-corrected chi connectivity index (χ4v) is 2.98. The Balaban J connectivity index is 1.95. The second-order valence-corrected chi connectivity index (χ2v) is 6.76. The van der Waals surface area contributed by atoms with E-state index in [4.69, 9.17) is 9.47 Å². The summed E-state index contributed by atoms with van der Waals surface area (Å²) in [5, 5.41) is 10.5. The number of ether oxygens (including phenoxy) is 2. The number of rotatable bonds is 12. The van der Waals surface area contributed by atoms with E-state index in [0.717, 1.165) is 34.9 Å². The molecular formula is C24H29O4-. The topological polar surface area (TPSA) is 58.6 Å². The van der Waals surface area contributed by atoms with Crippen LogP contribution in [0.1, 0.15) is 51.0 Å². The Kier molecular flexibility index (Phi) is 9.13. The standard InChI is InChI=1S/C24H30O4/c1-3-4-5-6-7-8-17-28-22-15-14-21(18-23(22)27-2)20-12-9-19(10-13-20)11-16-24(25)26/h9-16,18H,3-8,17H2,1-2H3,(H,25,26)/p-1/b16-11+. The van der Waals surface area contributed by atoms with Crippen LogP contribution in [-0.2, 0) is 4.79 Å². The van der Waals surface area contributed by atoms with E-state index in [1.54, 1.807) is 7.11 Å². The molecular weight excluding hydrogens is 352 g/mol. The molecule has 0 amide bonds. The van der Waals surface area contributed by atoms with Gasteiger partial charge >= 0.3 is 0 Å². The fourth-order valence-electron chi connectivity index (χ4n) is 2.98. The molecule has 0 heterocycles. The van der Waals surface area contributed by atoms with Gasteiger partial charge in [-0.15, -0.1) is 0 Å². The van der Waals surface area contributed by atoms with Gasteiger partial charge in [-0.05, 0) is 41.3 Å². The Hall–Kier alpha value is -2.75. The highest BCUT2D eigenvalue weighted by molar-refractivity contribution is 5.83. The highest BCUT2D eigenvalue weighted by atomic mass is 16.5. The Morgan fingerprint density at radius 3 is 2.29 bits per heavy atom. The first kappa shape index (κ1) is 21.5. The molecule has 2 rings (SSSR count). The van der Waals surface area contributed by atoms with E-state index < -0.39 is 5.97 Å². The molecule has 0 radical (unpaired) electrons. The van der Waals surface area contributed by atoms with Gasteiger partial charge in [0, 0.05) is 0 Å². The van der Waals surface area contributed by atoms with Crippen molar-refractivity contribution in [3.63, 3.8) is 0 Å². The van der Waals surface area contributed by atoms with Gasteiger partial charge in [0.15, 0.2) is 11.5 Å². The van der Waals surface area contributed by atoms with Crippen LogP contribution < -0.4 is 14.6 Å². The van der Waals surface area contributed by atoms with Gasteiger partial charge in [-0.2, -0.15) is 0 Å². The average Bonchev–Trinajstić information content (AvgIpc) is 2.72. The molecule has 0 aliphatic carbocycles. The molecule has 4 nitrogen and oxygen atoms in total. The van der Waals surface area contributed by atoms with Crippen LogP contribution in [0, 0.1) is 0 Å². The highest BCUT2D eigenvalue weighted by Crippen LogP contribution is 2.33. The van der Waals surface area contributed by atoms with Crippen molar-refractivity contribution in [2.24, 2.45) is 0 Å². The van der Waals surface area contributed by atoms with E-state index in [1.807, 2.05) is 42.5 Å². The second kappa shape index (κ2) is 11.9. The number of carboxylic acids is 1. The van der Waals surface area contributed by atoms with E-state index in [-0.39, 0.29) is 0 Å². The fraction of sp³-hybridized carbons (Fsp3) is 0.375. The van der Waals surface area contributed by atoms with Gasteiger partial charge < -0.3 is 19.4 Å². The van der Waals surface area contributed by atoms with Crippen LogP contribution in [0.25, 0.3) is 17.2 Å². The van der Waals surface area contributed by atoms with E-state index in [2.05, 4.69) is 6.92 Å². The molecule has 0 atom stereocenters. The van der Waals surface area contributed by atoms with Crippen LogP contribution in [-0.4, -0.2) is 19.7 Å². The molecule has 2 aromatic rings. The number of hydrogen-bond acceptors (Lipinski definition) is 4. The van der Waals surface area contributed by atoms with Crippen LogP contribution in [0.3, 0.4) is 0 Å². The summed E-state index contributed by atoms with van der Waals surface area (Å²) < 4.78 is 11.4. The van der Waals surface area contributed by atoms with Crippen molar-refractivity contribution >= 4 is 12.0 Å². The van der Waals surface area contributed by atoms with Crippen molar-refractivity contribution in [1.29, 1.82) is 0 Å². The maximum Gasteiger partial charge on any atom is 0.161 e. The predicted molar refractivity (Wildman–Crippen MR) is 111 cm³/mol. The minimum absolute atomic E-state index is 0.696. The first-order valence-corrected chi connectivity index (χ1v) is 9.94. The van der Waals surface area contributed by atoms with Gasteiger partial charge in [0.1, 0.15) is 0 Å². The number of carbonyl (C=O) groups excluding carboxylic acids is 1. The first-order chi connectivity index (χ1) is 13.6. The number of unbranched alkanes of at least 4 members (excludes halogenated alkanes) is 5. The van der Waals surface area contributed by atoms with E-state index in [1.165, 1.54) is 38.2 Å². The van der Waals surface area contributed by atoms with Gasteiger partial charge in [0.25, 0.3) is 0 Å². The van der Waals surface area contributed by atoms with Crippen LogP contribution in [0.2, 0.25) is 0 Å². The van der Waals surface area contributed by atoms with Crippen molar-refractivity contribution in [3.8, 4) is 22.6 Å². The summed E-state index contributed by atoms with van der Waals surface area (Å²) in [5.41, 5.74) is 2.84. The van der Waals surface area contributed by atoms with Gasteiger partial charge in [0.2, 0.25) is 0 Å². The van der Waals surface area contributed by atoms with Gasteiger partial charge in [-0.1, -0.05) is 75.4 Å². The lowest BCUT2D eigenvalue weighted by atomic mass is 10.0. The zero-order valence-electron chi connectivity index (χ0n) is 16.8. The Labute approximate surface area is 167 Å². The Morgan fingerprint density at radius 1 is 0.929 bits per heavy atom. The number of benzene rings is 2. The quantitative estimate of drug-likeness (QED) is 0.389. The van der Waals surface area contributed by atoms with Crippen molar-refractivity contribution in [2.75, 3.05) is 13.7 Å². The number of carbonyl (C=O) groups is 1. The van der Waals surface area contributed by atoms with Crippen LogP contribution in [0.5, 0.6) is 11.5 Å². The van der Waals surface area contributed by atoms with E-state index >= 15 is 0 Å². The second-order valence-electron chi connectivity index (χ2n) is 6.76. The van der Waals surface area contributed by atoms with Gasteiger partial charge in [-0.3, -0.25) is 0 Å². The summed E-state index contributed by atoms with van der Waals surface area (Å²) in [7, 11) is 1.64. The zero-order chi connectivity index (χ0) is 20.2. The predicted octanol–water partition coefficient (Wildman–Crippen LogP) is 4.86. The molecule has 0 spiro atoms. The normalized spacial score (nSPS) is 10.9. The highest BCUT2D eigenvalue weighted by Gasteiger charge is 2.07. The summed E-state index contributed by atoms with van der Waals surface area (Å²) >= 11 is 0. The summed E-state index contributed by atoms with van der Waals surface area (Å²) in [4.78, 5) is 10.5. The molecule has 0 aromatic heterocycles. The van der Waals surface area contributed by atoms with Gasteiger partial charge in [0.05, 0.1) is 19.7 Å². The van der Waals surface area contributed by atoms with Crippen LogP contribution in [0.15, 0.2) is 48.5 Å². The molecule has 28 heavy (non-hydrogen) atoms. The molecule has 0 saturated heterocycles. The molecule has 0 aliphatic heterocycles. The third kappa shape index (κ3) is 7.10. The van der Waals surface area contributed by atoms with Crippen molar-refractivity contribution in [2.45, 2.75) is 45.4 Å². The molecule has 0 N–H and O–H groups in total. The third-order valence-electron chi connectivity index (χ3n) is 4.57. The lowest BCUT2D eigenvalue weighted by molar-refractivity contribution is -0.297. The molecule has 4 heteroatoms.